The Kier molecular flexibility index (Phi) is 6.00. The van der Waals surface area contributed by atoms with E-state index >= 15 is 0 Å². The van der Waals surface area contributed by atoms with Gasteiger partial charge in [-0.05, 0) is 29.7 Å². The molecule has 0 unspecified atom stereocenters. The van der Waals surface area contributed by atoms with Crippen LogP contribution >= 0.6 is 23.2 Å². The van der Waals surface area contributed by atoms with Crippen molar-refractivity contribution in [2.75, 3.05) is 13.1 Å². The second-order valence-electron chi connectivity index (χ2n) is 6.42. The fraction of sp³-hybridized carbons (Fsp3) is 0.350. The SMILES string of the molecule is CC[C@H](NC(=O)[C@@H]1CNC[C@H]1c1ccc(Cl)cc1Cl)c1ccccc1. The molecule has 1 aliphatic rings. The zero-order valence-corrected chi connectivity index (χ0v) is 15.6. The minimum atomic E-state index is -0.142. The molecule has 3 atom stereocenters. The maximum Gasteiger partial charge on any atom is 0.225 e. The minimum Gasteiger partial charge on any atom is -0.349 e. The summed E-state index contributed by atoms with van der Waals surface area (Å²) in [5.41, 5.74) is 2.11. The summed E-state index contributed by atoms with van der Waals surface area (Å²) in [5, 5.41) is 7.76. The molecule has 0 spiro atoms. The Balaban J connectivity index is 1.76. The summed E-state index contributed by atoms with van der Waals surface area (Å²) in [6.07, 6.45) is 0.849. The van der Waals surface area contributed by atoms with Crippen LogP contribution in [0.1, 0.15) is 36.4 Å². The molecule has 3 nitrogen and oxygen atoms in total. The van der Waals surface area contributed by atoms with Crippen LogP contribution in [0.5, 0.6) is 0 Å². The monoisotopic (exact) mass is 376 g/mol. The Hall–Kier alpha value is -1.55. The predicted octanol–water partition coefficient (Wildman–Crippen LogP) is 4.56. The van der Waals surface area contributed by atoms with Crippen LogP contribution in [0.25, 0.3) is 0 Å². The van der Waals surface area contributed by atoms with Gasteiger partial charge in [-0.3, -0.25) is 4.79 Å². The summed E-state index contributed by atoms with van der Waals surface area (Å²) in [5.74, 6) is -0.0220. The van der Waals surface area contributed by atoms with Gasteiger partial charge in [0.15, 0.2) is 0 Å². The van der Waals surface area contributed by atoms with Gasteiger partial charge in [0.05, 0.1) is 12.0 Å². The molecule has 1 heterocycles. The lowest BCUT2D eigenvalue weighted by atomic mass is 9.88. The van der Waals surface area contributed by atoms with E-state index in [9.17, 15) is 4.79 Å². The molecule has 1 fully saturated rings. The van der Waals surface area contributed by atoms with Crippen LogP contribution in [-0.2, 0) is 4.79 Å². The van der Waals surface area contributed by atoms with Gasteiger partial charge in [0.2, 0.25) is 5.91 Å². The molecule has 0 aromatic heterocycles. The Bertz CT molecular complexity index is 736. The third kappa shape index (κ3) is 4.17. The van der Waals surface area contributed by atoms with Crippen LogP contribution in [0, 0.1) is 5.92 Å². The first-order chi connectivity index (χ1) is 12.1. The number of nitrogens with one attached hydrogen (secondary N) is 2. The van der Waals surface area contributed by atoms with E-state index in [2.05, 4.69) is 29.7 Å². The van der Waals surface area contributed by atoms with Crippen LogP contribution in [0.15, 0.2) is 48.5 Å². The zero-order chi connectivity index (χ0) is 17.8. The Morgan fingerprint density at radius 2 is 1.96 bits per heavy atom. The highest BCUT2D eigenvalue weighted by Crippen LogP contribution is 2.35. The first-order valence-corrected chi connectivity index (χ1v) is 9.36. The van der Waals surface area contributed by atoms with Gasteiger partial charge >= 0.3 is 0 Å². The molecule has 132 valence electrons. The lowest BCUT2D eigenvalue weighted by molar-refractivity contribution is -0.125. The maximum absolute atomic E-state index is 12.9. The smallest absolute Gasteiger partial charge is 0.225 e. The van der Waals surface area contributed by atoms with Crippen LogP contribution < -0.4 is 10.6 Å². The maximum atomic E-state index is 12.9. The summed E-state index contributed by atoms with van der Waals surface area (Å²) in [6, 6.07) is 15.6. The molecule has 0 saturated carbocycles. The van der Waals surface area contributed by atoms with Crippen LogP contribution in [0.3, 0.4) is 0 Å². The number of rotatable bonds is 5. The summed E-state index contributed by atoms with van der Waals surface area (Å²) in [7, 11) is 0. The standard InChI is InChI=1S/C20H22Cl2N2O/c1-2-19(13-6-4-3-5-7-13)24-20(25)17-12-23-11-16(17)15-9-8-14(21)10-18(15)22/h3-10,16-17,19,23H,2,11-12H2,1H3,(H,24,25)/t16-,17+,19-/m0/s1. The van der Waals surface area contributed by atoms with E-state index in [1.807, 2.05) is 30.3 Å². The first-order valence-electron chi connectivity index (χ1n) is 8.61. The van der Waals surface area contributed by atoms with Gasteiger partial charge < -0.3 is 10.6 Å². The van der Waals surface area contributed by atoms with Gasteiger partial charge in [-0.1, -0.05) is 66.5 Å². The molecule has 1 saturated heterocycles. The van der Waals surface area contributed by atoms with E-state index in [0.717, 1.165) is 24.1 Å². The number of amides is 1. The Morgan fingerprint density at radius 1 is 1.20 bits per heavy atom. The summed E-state index contributed by atoms with van der Waals surface area (Å²) in [6.45, 7) is 3.47. The molecular weight excluding hydrogens is 355 g/mol. The molecule has 1 aliphatic heterocycles. The Morgan fingerprint density at radius 3 is 2.64 bits per heavy atom. The van der Waals surface area contributed by atoms with Crippen molar-refractivity contribution in [3.63, 3.8) is 0 Å². The third-order valence-electron chi connectivity index (χ3n) is 4.84. The van der Waals surface area contributed by atoms with Crippen LogP contribution in [-0.4, -0.2) is 19.0 Å². The second kappa shape index (κ2) is 8.22. The van der Waals surface area contributed by atoms with Gasteiger partial charge in [0.1, 0.15) is 0 Å². The normalized spacial score (nSPS) is 21.1. The van der Waals surface area contributed by atoms with Crippen LogP contribution in [0.4, 0.5) is 0 Å². The fourth-order valence-electron chi connectivity index (χ4n) is 3.47. The molecule has 2 aromatic carbocycles. The first kappa shape index (κ1) is 18.2. The van der Waals surface area contributed by atoms with E-state index in [0.29, 0.717) is 16.6 Å². The highest BCUT2D eigenvalue weighted by Gasteiger charge is 2.35. The van der Waals surface area contributed by atoms with Crippen molar-refractivity contribution in [3.8, 4) is 0 Å². The molecule has 0 aliphatic carbocycles. The van der Waals surface area contributed by atoms with Crippen molar-refractivity contribution in [2.24, 2.45) is 5.92 Å². The summed E-state index contributed by atoms with van der Waals surface area (Å²) >= 11 is 12.4. The predicted molar refractivity (Wildman–Crippen MR) is 103 cm³/mol. The third-order valence-corrected chi connectivity index (χ3v) is 5.40. The number of benzene rings is 2. The highest BCUT2D eigenvalue weighted by molar-refractivity contribution is 6.35. The van der Waals surface area contributed by atoms with Gasteiger partial charge in [-0.2, -0.15) is 0 Å². The van der Waals surface area contributed by atoms with E-state index in [1.54, 1.807) is 6.07 Å². The number of carbonyl (C=O) groups is 1. The van der Waals surface area contributed by atoms with Crippen molar-refractivity contribution in [3.05, 3.63) is 69.7 Å². The summed E-state index contributed by atoms with van der Waals surface area (Å²) in [4.78, 5) is 12.9. The number of halogens is 2. The van der Waals surface area contributed by atoms with E-state index < -0.39 is 0 Å². The van der Waals surface area contributed by atoms with Gasteiger partial charge in [0.25, 0.3) is 0 Å². The molecule has 25 heavy (non-hydrogen) atoms. The van der Waals surface area contributed by atoms with E-state index in [-0.39, 0.29) is 23.8 Å². The van der Waals surface area contributed by atoms with Gasteiger partial charge in [0, 0.05) is 29.1 Å². The molecule has 3 rings (SSSR count). The fourth-order valence-corrected chi connectivity index (χ4v) is 4.02. The molecular formula is C20H22Cl2N2O. The molecule has 1 amide bonds. The molecule has 5 heteroatoms. The quantitative estimate of drug-likeness (QED) is 0.802. The molecule has 2 N–H and O–H groups in total. The average molecular weight is 377 g/mol. The van der Waals surface area contributed by atoms with Crippen molar-refractivity contribution in [1.29, 1.82) is 0 Å². The van der Waals surface area contributed by atoms with Crippen molar-refractivity contribution in [2.45, 2.75) is 25.3 Å². The van der Waals surface area contributed by atoms with Gasteiger partial charge in [-0.15, -0.1) is 0 Å². The highest BCUT2D eigenvalue weighted by atomic mass is 35.5. The van der Waals surface area contributed by atoms with Crippen LogP contribution in [0.2, 0.25) is 10.0 Å². The number of hydrogen-bond acceptors (Lipinski definition) is 2. The van der Waals surface area contributed by atoms with Gasteiger partial charge in [-0.25, -0.2) is 0 Å². The van der Waals surface area contributed by atoms with E-state index in [1.165, 1.54) is 0 Å². The lowest BCUT2D eigenvalue weighted by Crippen LogP contribution is -2.36. The number of carbonyl (C=O) groups excluding carboxylic acids is 1. The topological polar surface area (TPSA) is 41.1 Å². The van der Waals surface area contributed by atoms with E-state index in [4.69, 9.17) is 23.2 Å². The minimum absolute atomic E-state index is 0.0237. The Labute approximate surface area is 158 Å². The van der Waals surface area contributed by atoms with Crippen molar-refractivity contribution < 1.29 is 4.79 Å². The largest absolute Gasteiger partial charge is 0.349 e. The number of hydrogen-bond donors (Lipinski definition) is 2. The molecule has 0 bridgehead atoms. The summed E-state index contributed by atoms with van der Waals surface area (Å²) < 4.78 is 0. The molecule has 2 aromatic rings. The average Bonchev–Trinajstić information content (AvgIpc) is 3.09. The zero-order valence-electron chi connectivity index (χ0n) is 14.1. The lowest BCUT2D eigenvalue weighted by Gasteiger charge is -2.23. The van der Waals surface area contributed by atoms with Crippen molar-refractivity contribution >= 4 is 29.1 Å². The molecule has 0 radical (unpaired) electrons. The second-order valence-corrected chi connectivity index (χ2v) is 7.26. The van der Waals surface area contributed by atoms with Crippen molar-refractivity contribution in [1.82, 2.24) is 10.6 Å².